The number of halogens is 1. The molecule has 1 aromatic carbocycles. The molecule has 2 N–H and O–H groups in total. The second-order valence-electron chi connectivity index (χ2n) is 16.0. The zero-order valence-electron chi connectivity index (χ0n) is 29.1. The van der Waals surface area contributed by atoms with E-state index < -0.39 is 0 Å². The summed E-state index contributed by atoms with van der Waals surface area (Å²) in [6.45, 7) is 7.55. The quantitative estimate of drug-likeness (QED) is 0.378. The fourth-order valence-electron chi connectivity index (χ4n) is 11.1. The lowest BCUT2D eigenvalue weighted by Crippen LogP contribution is -2.79. The smallest absolute Gasteiger partial charge is 0.246 e. The van der Waals surface area contributed by atoms with Crippen molar-refractivity contribution in [2.75, 3.05) is 39.8 Å². The van der Waals surface area contributed by atoms with Crippen LogP contribution in [0.4, 0.5) is 4.39 Å². The van der Waals surface area contributed by atoms with Gasteiger partial charge in [-0.05, 0) is 112 Å². The first kappa shape index (κ1) is 34.1. The van der Waals surface area contributed by atoms with Gasteiger partial charge in [-0.2, -0.15) is 5.26 Å². The van der Waals surface area contributed by atoms with Crippen molar-refractivity contribution in [3.05, 3.63) is 47.8 Å². The van der Waals surface area contributed by atoms with Gasteiger partial charge in [0, 0.05) is 37.1 Å². The maximum Gasteiger partial charge on any atom is 0.246 e. The molecule has 1 spiro atoms. The van der Waals surface area contributed by atoms with Crippen LogP contribution in [-0.2, 0) is 21.4 Å². The number of rotatable bonds is 7. The zero-order chi connectivity index (χ0) is 33.3. The van der Waals surface area contributed by atoms with E-state index in [1.807, 2.05) is 4.90 Å². The van der Waals surface area contributed by atoms with Crippen LogP contribution in [0.15, 0.2) is 30.9 Å². The van der Waals surface area contributed by atoms with Crippen LogP contribution in [0.3, 0.4) is 0 Å². The Kier molecular flexibility index (Phi) is 10.3. The van der Waals surface area contributed by atoms with Gasteiger partial charge in [-0.3, -0.25) is 20.3 Å². The van der Waals surface area contributed by atoms with E-state index in [0.29, 0.717) is 44.0 Å². The van der Waals surface area contributed by atoms with Gasteiger partial charge in [-0.15, -0.1) is 0 Å². The average molecular weight is 661 g/mol. The molecule has 7 rings (SSSR count). The Morgan fingerprint density at radius 1 is 1.08 bits per heavy atom. The number of carbonyl (C=O) groups is 1. The fraction of sp³-hybridized carbons (Fsp3) is 0.744. The maximum atomic E-state index is 14.5. The van der Waals surface area contributed by atoms with Crippen LogP contribution in [0.1, 0.15) is 101 Å². The number of fused-ring (bicyclic) bond motifs is 3. The number of benzene rings is 1. The highest BCUT2D eigenvalue weighted by Crippen LogP contribution is 2.58. The maximum absolute atomic E-state index is 14.5. The monoisotopic (exact) mass is 660 g/mol. The molecule has 3 saturated heterocycles. The van der Waals surface area contributed by atoms with Crippen LogP contribution in [0.25, 0.3) is 0 Å². The molecular formula is C39H57FN6O2. The molecule has 6 aliphatic rings. The minimum Gasteiger partial charge on any atom is -0.348 e. The number of hydrogen-bond acceptors (Lipinski definition) is 7. The van der Waals surface area contributed by atoms with Gasteiger partial charge < -0.3 is 14.5 Å². The predicted molar refractivity (Wildman–Crippen MR) is 185 cm³/mol. The number of nitriles is 1. The van der Waals surface area contributed by atoms with Crippen molar-refractivity contribution in [2.24, 2.45) is 11.8 Å². The Balaban J connectivity index is 1.26. The third-order valence-electron chi connectivity index (χ3n) is 13.5. The number of hydrogen-bond donors (Lipinski definition) is 2. The van der Waals surface area contributed by atoms with E-state index in [-0.39, 0.29) is 41.2 Å². The molecule has 3 aliphatic heterocycles. The van der Waals surface area contributed by atoms with E-state index in [1.54, 1.807) is 12.1 Å². The number of likely N-dealkylation sites (tertiary alicyclic amines) is 1. The molecule has 48 heavy (non-hydrogen) atoms. The van der Waals surface area contributed by atoms with Gasteiger partial charge in [-0.1, -0.05) is 44.7 Å². The van der Waals surface area contributed by atoms with Crippen LogP contribution >= 0.6 is 0 Å². The number of ether oxygens (including phenoxy) is 1. The first-order valence-corrected chi connectivity index (χ1v) is 19.0. The summed E-state index contributed by atoms with van der Waals surface area (Å²) in [5.41, 5.74) is 2.46. The molecule has 0 aromatic heterocycles. The highest BCUT2D eigenvalue weighted by Gasteiger charge is 2.61. The molecule has 9 heteroatoms. The van der Waals surface area contributed by atoms with Gasteiger partial charge in [0.25, 0.3) is 0 Å². The summed E-state index contributed by atoms with van der Waals surface area (Å²) >= 11 is 0. The number of carbonyl (C=O) groups excluding carboxylic acids is 1. The van der Waals surface area contributed by atoms with E-state index in [0.717, 1.165) is 51.6 Å². The summed E-state index contributed by atoms with van der Waals surface area (Å²) in [5, 5.41) is 18.1. The van der Waals surface area contributed by atoms with Crippen molar-refractivity contribution in [3.63, 3.8) is 0 Å². The second kappa shape index (κ2) is 14.5. The molecule has 262 valence electrons. The molecule has 2 saturated carbocycles. The Hall–Kier alpha value is -2.35. The normalized spacial score (nSPS) is 36.6. The van der Waals surface area contributed by atoms with Gasteiger partial charge in [0.15, 0.2) is 6.35 Å². The summed E-state index contributed by atoms with van der Waals surface area (Å²) in [4.78, 5) is 19.7. The van der Waals surface area contributed by atoms with E-state index in [1.165, 1.54) is 68.6 Å². The third kappa shape index (κ3) is 6.49. The summed E-state index contributed by atoms with van der Waals surface area (Å²) in [6, 6.07) is 8.20. The molecule has 1 amide bonds. The number of nitrogens with zero attached hydrogens (tertiary/aromatic N) is 4. The Morgan fingerprint density at radius 2 is 1.90 bits per heavy atom. The van der Waals surface area contributed by atoms with Gasteiger partial charge in [-0.25, -0.2) is 4.39 Å². The van der Waals surface area contributed by atoms with Crippen LogP contribution in [0, 0.1) is 29.0 Å². The standard InChI is InChI=1S/C39H57FN6O2/c1-3-35(47)46-23-22-45(25-31(46)17-20-41)36-34-16-19-38(18-15-28-24-30(40)13-14-33(28)38)27-39(34,29-10-7-5-4-6-8-11-29)43-37(42-36)48-26-32-12-9-21-44(32)2/h3,13-14,24,29,31-32,34,36-37,42-43H,1,4-12,15-19,21-23,25-27H2,2H3/t31-,32-,34?,36?,37?,38-,39?/m1/s1. The zero-order valence-corrected chi connectivity index (χ0v) is 29.1. The minimum atomic E-state index is -0.294. The van der Waals surface area contributed by atoms with E-state index >= 15 is 0 Å². The van der Waals surface area contributed by atoms with Crippen molar-refractivity contribution in [3.8, 4) is 6.07 Å². The lowest BCUT2D eigenvalue weighted by molar-refractivity contribution is -0.159. The molecule has 0 bridgehead atoms. The first-order chi connectivity index (χ1) is 23.4. The number of piperazine rings is 1. The summed E-state index contributed by atoms with van der Waals surface area (Å²) in [6.07, 6.45) is 18.0. The Bertz CT molecular complexity index is 1360. The third-order valence-corrected chi connectivity index (χ3v) is 13.5. The number of likely N-dealkylation sites (N-methyl/N-ethyl adjacent to an activating group) is 1. The number of aryl methyl sites for hydroxylation is 1. The molecule has 5 fully saturated rings. The molecule has 7 atom stereocenters. The van der Waals surface area contributed by atoms with E-state index in [2.05, 4.69) is 46.2 Å². The van der Waals surface area contributed by atoms with Crippen LogP contribution in [0.5, 0.6) is 0 Å². The Morgan fingerprint density at radius 3 is 2.65 bits per heavy atom. The van der Waals surface area contributed by atoms with Crippen molar-refractivity contribution in [2.45, 2.75) is 132 Å². The summed E-state index contributed by atoms with van der Waals surface area (Å²) in [5.74, 6) is 0.652. The molecule has 4 unspecified atom stereocenters. The van der Waals surface area contributed by atoms with Crippen LogP contribution in [-0.4, -0.2) is 90.6 Å². The van der Waals surface area contributed by atoms with Crippen molar-refractivity contribution in [1.29, 1.82) is 5.26 Å². The molecule has 8 nitrogen and oxygen atoms in total. The molecule has 3 aliphatic carbocycles. The van der Waals surface area contributed by atoms with Gasteiger partial charge in [0.05, 0.1) is 31.3 Å². The lowest BCUT2D eigenvalue weighted by atomic mass is 9.53. The largest absolute Gasteiger partial charge is 0.348 e. The molecular weight excluding hydrogens is 603 g/mol. The minimum absolute atomic E-state index is 0.0332. The van der Waals surface area contributed by atoms with Crippen LogP contribution in [0.2, 0.25) is 0 Å². The molecule has 1 aromatic rings. The molecule has 3 heterocycles. The van der Waals surface area contributed by atoms with E-state index in [4.69, 9.17) is 4.74 Å². The first-order valence-electron chi connectivity index (χ1n) is 19.0. The molecule has 0 radical (unpaired) electrons. The average Bonchev–Trinajstić information content (AvgIpc) is 3.64. The van der Waals surface area contributed by atoms with E-state index in [9.17, 15) is 14.4 Å². The lowest BCUT2D eigenvalue weighted by Gasteiger charge is -2.63. The van der Waals surface area contributed by atoms with Gasteiger partial charge >= 0.3 is 0 Å². The topological polar surface area (TPSA) is 83.9 Å². The van der Waals surface area contributed by atoms with Crippen molar-refractivity contribution >= 4 is 5.91 Å². The van der Waals surface area contributed by atoms with Crippen molar-refractivity contribution < 1.29 is 13.9 Å². The van der Waals surface area contributed by atoms with Crippen LogP contribution < -0.4 is 10.6 Å². The predicted octanol–water partition coefficient (Wildman–Crippen LogP) is 5.43. The highest BCUT2D eigenvalue weighted by molar-refractivity contribution is 5.87. The summed E-state index contributed by atoms with van der Waals surface area (Å²) in [7, 11) is 2.21. The van der Waals surface area contributed by atoms with Crippen molar-refractivity contribution in [1.82, 2.24) is 25.3 Å². The SMILES string of the molecule is C=CC(=O)N1CCN(C2NC(OC[C@H]3CCCN3C)NC3(C4CCCCCCC4)C[C@@]4(CCc5cc(F)ccc54)CCC23)C[C@H]1CC#N. The highest BCUT2D eigenvalue weighted by atomic mass is 19.1. The van der Waals surface area contributed by atoms with Gasteiger partial charge in [0.2, 0.25) is 5.91 Å². The summed E-state index contributed by atoms with van der Waals surface area (Å²) < 4.78 is 21.4. The fourth-order valence-corrected chi connectivity index (χ4v) is 11.1. The number of amides is 1. The van der Waals surface area contributed by atoms with Gasteiger partial charge in [0.1, 0.15) is 5.82 Å². The Labute approximate surface area is 287 Å². The number of nitrogens with one attached hydrogen (secondary N) is 2. The second-order valence-corrected chi connectivity index (χ2v) is 16.0.